The first-order valence-corrected chi connectivity index (χ1v) is 6.62. The van der Waals surface area contributed by atoms with Crippen molar-refractivity contribution >= 4 is 11.3 Å². The summed E-state index contributed by atoms with van der Waals surface area (Å²) in [4.78, 5) is 5.37. The van der Waals surface area contributed by atoms with Gasteiger partial charge < -0.3 is 5.32 Å². The third kappa shape index (κ3) is 4.33. The van der Waals surface area contributed by atoms with Crippen LogP contribution in [0.5, 0.6) is 0 Å². The Morgan fingerprint density at radius 2 is 1.80 bits per heavy atom. The van der Waals surface area contributed by atoms with Crippen molar-refractivity contribution in [2.24, 2.45) is 0 Å². The van der Waals surface area contributed by atoms with Gasteiger partial charge in [0.1, 0.15) is 0 Å². The summed E-state index contributed by atoms with van der Waals surface area (Å²) in [6, 6.07) is 4.50. The zero-order valence-electron chi connectivity index (χ0n) is 10.0. The maximum atomic E-state index is 3.36. The highest BCUT2D eigenvalue weighted by molar-refractivity contribution is 7.11. The molecule has 2 nitrogen and oxygen atoms in total. The molecule has 0 unspecified atom stereocenters. The quantitative estimate of drug-likeness (QED) is 0.769. The van der Waals surface area contributed by atoms with Crippen LogP contribution in [0.3, 0.4) is 0 Å². The molecule has 0 atom stereocenters. The van der Waals surface area contributed by atoms with E-state index in [-0.39, 0.29) is 0 Å². The molecule has 1 heterocycles. The Morgan fingerprint density at radius 3 is 2.40 bits per heavy atom. The summed E-state index contributed by atoms with van der Waals surface area (Å²) < 4.78 is 0. The van der Waals surface area contributed by atoms with E-state index in [1.54, 1.807) is 0 Å². The van der Waals surface area contributed by atoms with Gasteiger partial charge in [0.2, 0.25) is 0 Å². The third-order valence-electron chi connectivity index (χ3n) is 2.54. The van der Waals surface area contributed by atoms with Crippen molar-refractivity contribution < 1.29 is 0 Å². The molecule has 0 amide bonds. The van der Waals surface area contributed by atoms with E-state index in [4.69, 9.17) is 0 Å². The lowest BCUT2D eigenvalue weighted by Crippen LogP contribution is -2.21. The average Bonchev–Trinajstić information content (AvgIpc) is 2.70. The fourth-order valence-corrected chi connectivity index (χ4v) is 2.55. The van der Waals surface area contributed by atoms with E-state index in [0.29, 0.717) is 0 Å². The van der Waals surface area contributed by atoms with E-state index >= 15 is 0 Å². The Kier molecular flexibility index (Phi) is 5.91. The predicted octanol–water partition coefficient (Wildman–Crippen LogP) is 2.70. The van der Waals surface area contributed by atoms with Crippen LogP contribution in [-0.2, 0) is 13.1 Å². The van der Waals surface area contributed by atoms with Gasteiger partial charge in [-0.1, -0.05) is 20.8 Å². The van der Waals surface area contributed by atoms with Crippen molar-refractivity contribution in [3.63, 3.8) is 0 Å². The van der Waals surface area contributed by atoms with Gasteiger partial charge >= 0.3 is 0 Å². The van der Waals surface area contributed by atoms with Crippen LogP contribution in [-0.4, -0.2) is 24.5 Å². The van der Waals surface area contributed by atoms with Crippen LogP contribution >= 0.6 is 11.3 Å². The van der Waals surface area contributed by atoms with E-state index in [1.165, 1.54) is 9.75 Å². The molecule has 0 saturated carbocycles. The van der Waals surface area contributed by atoms with Gasteiger partial charge in [0.05, 0.1) is 0 Å². The maximum absolute atomic E-state index is 3.36. The van der Waals surface area contributed by atoms with Crippen LogP contribution in [0.4, 0.5) is 0 Å². The highest BCUT2D eigenvalue weighted by Gasteiger charge is 2.03. The molecule has 0 aliphatic rings. The van der Waals surface area contributed by atoms with Crippen LogP contribution < -0.4 is 5.32 Å². The van der Waals surface area contributed by atoms with Gasteiger partial charge in [-0.2, -0.15) is 0 Å². The van der Waals surface area contributed by atoms with Crippen LogP contribution in [0.1, 0.15) is 30.5 Å². The fraction of sp³-hybridized carbons (Fsp3) is 0.667. The summed E-state index contributed by atoms with van der Waals surface area (Å²) in [6.07, 6.45) is 0. The molecule has 0 saturated heterocycles. The zero-order chi connectivity index (χ0) is 11.1. The Balaban J connectivity index is 2.44. The average molecular weight is 226 g/mol. The summed E-state index contributed by atoms with van der Waals surface area (Å²) in [5, 5.41) is 3.36. The van der Waals surface area contributed by atoms with Crippen molar-refractivity contribution in [1.82, 2.24) is 10.2 Å². The Morgan fingerprint density at radius 1 is 1.13 bits per heavy atom. The molecule has 0 fully saturated rings. The highest BCUT2D eigenvalue weighted by atomic mass is 32.1. The van der Waals surface area contributed by atoms with Gasteiger partial charge in [-0.3, -0.25) is 4.90 Å². The van der Waals surface area contributed by atoms with Crippen LogP contribution in [0, 0.1) is 0 Å². The minimum Gasteiger partial charge on any atom is -0.312 e. The Labute approximate surface area is 97.3 Å². The van der Waals surface area contributed by atoms with E-state index in [9.17, 15) is 0 Å². The highest BCUT2D eigenvalue weighted by Crippen LogP contribution is 2.18. The predicted molar refractivity (Wildman–Crippen MR) is 68.3 cm³/mol. The third-order valence-corrected chi connectivity index (χ3v) is 3.61. The van der Waals surface area contributed by atoms with Gasteiger partial charge in [0.25, 0.3) is 0 Å². The van der Waals surface area contributed by atoms with E-state index < -0.39 is 0 Å². The van der Waals surface area contributed by atoms with Crippen molar-refractivity contribution in [1.29, 1.82) is 0 Å². The molecular formula is C12H22N2S. The first-order chi connectivity index (χ1) is 7.30. The molecule has 1 aromatic heterocycles. The standard InChI is InChI=1S/C12H22N2S/c1-4-13-9-11-7-8-12(15-11)10-14(5-2)6-3/h7-8,13H,4-6,9-10H2,1-3H3. The number of hydrogen-bond acceptors (Lipinski definition) is 3. The minimum absolute atomic E-state index is 1.01. The number of nitrogens with zero attached hydrogens (tertiary/aromatic N) is 1. The number of thiophene rings is 1. The molecule has 1 rings (SSSR count). The summed E-state index contributed by atoms with van der Waals surface area (Å²) >= 11 is 1.93. The topological polar surface area (TPSA) is 15.3 Å². The van der Waals surface area contributed by atoms with E-state index in [2.05, 4.69) is 43.1 Å². The molecule has 0 aliphatic carbocycles. The first-order valence-electron chi connectivity index (χ1n) is 5.80. The largest absolute Gasteiger partial charge is 0.312 e. The van der Waals surface area contributed by atoms with Crippen LogP contribution in [0.25, 0.3) is 0 Å². The molecule has 1 aromatic rings. The summed E-state index contributed by atoms with van der Waals surface area (Å²) in [6.45, 7) is 12.0. The second kappa shape index (κ2) is 6.99. The monoisotopic (exact) mass is 226 g/mol. The molecule has 0 radical (unpaired) electrons. The van der Waals surface area contributed by atoms with Crippen molar-refractivity contribution in [2.75, 3.05) is 19.6 Å². The van der Waals surface area contributed by atoms with Gasteiger partial charge in [-0.05, 0) is 31.8 Å². The molecule has 0 aromatic carbocycles. The van der Waals surface area contributed by atoms with E-state index in [0.717, 1.165) is 32.7 Å². The second-order valence-corrected chi connectivity index (χ2v) is 4.86. The van der Waals surface area contributed by atoms with Crippen LogP contribution in [0.2, 0.25) is 0 Å². The summed E-state index contributed by atoms with van der Waals surface area (Å²) in [7, 11) is 0. The Hall–Kier alpha value is -0.380. The number of rotatable bonds is 7. The first kappa shape index (κ1) is 12.7. The van der Waals surface area contributed by atoms with Gasteiger partial charge in [0, 0.05) is 22.8 Å². The molecule has 0 bridgehead atoms. The summed E-state index contributed by atoms with van der Waals surface area (Å²) in [5.74, 6) is 0. The van der Waals surface area contributed by atoms with Gasteiger partial charge in [-0.25, -0.2) is 0 Å². The van der Waals surface area contributed by atoms with Crippen molar-refractivity contribution in [3.05, 3.63) is 21.9 Å². The van der Waals surface area contributed by atoms with Gasteiger partial charge in [0.15, 0.2) is 0 Å². The number of hydrogen-bond donors (Lipinski definition) is 1. The summed E-state index contributed by atoms with van der Waals surface area (Å²) in [5.41, 5.74) is 0. The maximum Gasteiger partial charge on any atom is 0.0327 e. The smallest absolute Gasteiger partial charge is 0.0327 e. The molecule has 3 heteroatoms. The number of nitrogens with one attached hydrogen (secondary N) is 1. The molecule has 86 valence electrons. The SMILES string of the molecule is CCNCc1ccc(CN(CC)CC)s1. The lowest BCUT2D eigenvalue weighted by Gasteiger charge is -2.16. The second-order valence-electron chi connectivity index (χ2n) is 3.61. The molecule has 15 heavy (non-hydrogen) atoms. The zero-order valence-corrected chi connectivity index (χ0v) is 10.9. The molecule has 0 spiro atoms. The molecule has 1 N–H and O–H groups in total. The lowest BCUT2D eigenvalue weighted by molar-refractivity contribution is 0.298. The molecular weight excluding hydrogens is 204 g/mol. The van der Waals surface area contributed by atoms with Crippen molar-refractivity contribution in [3.8, 4) is 0 Å². The van der Waals surface area contributed by atoms with E-state index in [1.807, 2.05) is 11.3 Å². The Bertz CT molecular complexity index is 266. The normalized spacial score (nSPS) is 11.2. The fourth-order valence-electron chi connectivity index (χ4n) is 1.52. The lowest BCUT2D eigenvalue weighted by atomic mass is 10.4. The minimum atomic E-state index is 1.01. The van der Waals surface area contributed by atoms with Crippen molar-refractivity contribution in [2.45, 2.75) is 33.9 Å². The van der Waals surface area contributed by atoms with Gasteiger partial charge in [-0.15, -0.1) is 11.3 Å². The van der Waals surface area contributed by atoms with Crippen LogP contribution in [0.15, 0.2) is 12.1 Å². The molecule has 0 aliphatic heterocycles.